The summed E-state index contributed by atoms with van der Waals surface area (Å²) in [5.74, 6) is 0.275. The van der Waals surface area contributed by atoms with Crippen molar-refractivity contribution < 1.29 is 4.79 Å². The number of hydrogen-bond donors (Lipinski definition) is 0. The summed E-state index contributed by atoms with van der Waals surface area (Å²) in [5, 5.41) is 0. The summed E-state index contributed by atoms with van der Waals surface area (Å²) in [4.78, 5) is 17.1. The fraction of sp³-hybridized carbons (Fsp3) is 0.400. The molecule has 13 heavy (non-hydrogen) atoms. The lowest BCUT2D eigenvalue weighted by molar-refractivity contribution is -0.128. The first-order chi connectivity index (χ1) is 6.36. The van der Waals surface area contributed by atoms with Crippen LogP contribution in [-0.4, -0.2) is 22.3 Å². The van der Waals surface area contributed by atoms with E-state index >= 15 is 0 Å². The number of likely N-dealkylation sites (tertiary alicyclic amines) is 1. The van der Waals surface area contributed by atoms with E-state index in [1.165, 1.54) is 0 Å². The number of carbonyl (C=O) groups is 1. The van der Waals surface area contributed by atoms with Crippen molar-refractivity contribution in [2.45, 2.75) is 19.4 Å². The van der Waals surface area contributed by atoms with E-state index in [1.807, 2.05) is 17.0 Å². The third kappa shape index (κ3) is 1.86. The molecule has 1 fully saturated rings. The predicted octanol–water partition coefficient (Wildman–Crippen LogP) is 1.20. The van der Waals surface area contributed by atoms with Crippen LogP contribution in [-0.2, 0) is 11.3 Å². The van der Waals surface area contributed by atoms with E-state index in [9.17, 15) is 4.79 Å². The molecule has 1 aromatic rings. The molecule has 0 N–H and O–H groups in total. The fourth-order valence-corrected chi connectivity index (χ4v) is 1.58. The van der Waals surface area contributed by atoms with Crippen LogP contribution >= 0.6 is 0 Å². The van der Waals surface area contributed by atoms with Gasteiger partial charge in [-0.15, -0.1) is 0 Å². The highest BCUT2D eigenvalue weighted by molar-refractivity contribution is 5.78. The van der Waals surface area contributed by atoms with E-state index in [4.69, 9.17) is 0 Å². The number of carbonyl (C=O) groups excluding carboxylic acids is 1. The lowest BCUT2D eigenvalue weighted by Crippen LogP contribution is -2.23. The SMILES string of the molecule is O=C1CCCN1Cc1ccncc1. The highest BCUT2D eigenvalue weighted by Crippen LogP contribution is 2.13. The van der Waals surface area contributed by atoms with Gasteiger partial charge in [-0.1, -0.05) is 0 Å². The van der Waals surface area contributed by atoms with Gasteiger partial charge in [-0.25, -0.2) is 0 Å². The Morgan fingerprint density at radius 2 is 2.15 bits per heavy atom. The molecular weight excluding hydrogens is 164 g/mol. The minimum absolute atomic E-state index is 0.275. The third-order valence-corrected chi connectivity index (χ3v) is 2.29. The van der Waals surface area contributed by atoms with Crippen LogP contribution in [0.4, 0.5) is 0 Å². The molecule has 0 bridgehead atoms. The van der Waals surface area contributed by atoms with Crippen LogP contribution in [0.15, 0.2) is 24.5 Å². The number of rotatable bonds is 2. The zero-order valence-electron chi connectivity index (χ0n) is 7.44. The minimum Gasteiger partial charge on any atom is -0.338 e. The molecule has 1 saturated heterocycles. The number of nitrogens with zero attached hydrogens (tertiary/aromatic N) is 2. The van der Waals surface area contributed by atoms with Crippen LogP contribution < -0.4 is 0 Å². The first-order valence-electron chi connectivity index (χ1n) is 4.53. The van der Waals surface area contributed by atoms with E-state index in [-0.39, 0.29) is 5.91 Å². The van der Waals surface area contributed by atoms with Crippen molar-refractivity contribution in [2.75, 3.05) is 6.54 Å². The van der Waals surface area contributed by atoms with Crippen molar-refractivity contribution in [3.8, 4) is 0 Å². The maximum Gasteiger partial charge on any atom is 0.222 e. The molecule has 0 spiro atoms. The zero-order valence-corrected chi connectivity index (χ0v) is 7.44. The van der Waals surface area contributed by atoms with Crippen molar-refractivity contribution >= 4 is 5.91 Å². The monoisotopic (exact) mass is 176 g/mol. The second-order valence-electron chi connectivity index (χ2n) is 3.27. The Bertz CT molecular complexity index is 297. The van der Waals surface area contributed by atoms with Crippen LogP contribution in [0.5, 0.6) is 0 Å². The first kappa shape index (κ1) is 8.23. The largest absolute Gasteiger partial charge is 0.338 e. The molecule has 68 valence electrons. The molecule has 0 saturated carbocycles. The summed E-state index contributed by atoms with van der Waals surface area (Å²) in [6.07, 6.45) is 5.24. The third-order valence-electron chi connectivity index (χ3n) is 2.29. The van der Waals surface area contributed by atoms with Gasteiger partial charge in [-0.3, -0.25) is 9.78 Å². The Hall–Kier alpha value is -1.38. The lowest BCUT2D eigenvalue weighted by atomic mass is 10.2. The quantitative estimate of drug-likeness (QED) is 0.678. The first-order valence-corrected chi connectivity index (χ1v) is 4.53. The van der Waals surface area contributed by atoms with Gasteiger partial charge in [-0.05, 0) is 24.1 Å². The van der Waals surface area contributed by atoms with Gasteiger partial charge in [0.25, 0.3) is 0 Å². The molecule has 3 heteroatoms. The Balaban J connectivity index is 2.02. The topological polar surface area (TPSA) is 33.2 Å². The Kier molecular flexibility index (Phi) is 2.25. The van der Waals surface area contributed by atoms with Crippen LogP contribution in [0, 0.1) is 0 Å². The van der Waals surface area contributed by atoms with Gasteiger partial charge in [0, 0.05) is 31.9 Å². The number of amides is 1. The van der Waals surface area contributed by atoms with Gasteiger partial charge in [0.05, 0.1) is 0 Å². The van der Waals surface area contributed by atoms with Crippen molar-refractivity contribution in [1.29, 1.82) is 0 Å². The zero-order chi connectivity index (χ0) is 9.10. The highest BCUT2D eigenvalue weighted by Gasteiger charge is 2.19. The van der Waals surface area contributed by atoms with Gasteiger partial charge in [0.1, 0.15) is 0 Å². The summed E-state index contributed by atoms with van der Waals surface area (Å²) in [5.41, 5.74) is 1.16. The number of hydrogen-bond acceptors (Lipinski definition) is 2. The lowest BCUT2D eigenvalue weighted by Gasteiger charge is -2.14. The second kappa shape index (κ2) is 3.56. The Morgan fingerprint density at radius 3 is 2.77 bits per heavy atom. The van der Waals surface area contributed by atoms with E-state index in [0.717, 1.165) is 25.1 Å². The van der Waals surface area contributed by atoms with Crippen LogP contribution in [0.1, 0.15) is 18.4 Å². The molecule has 1 amide bonds. The molecule has 0 atom stereocenters. The smallest absolute Gasteiger partial charge is 0.222 e. The Morgan fingerprint density at radius 1 is 1.38 bits per heavy atom. The molecule has 2 heterocycles. The van der Waals surface area contributed by atoms with Gasteiger partial charge in [-0.2, -0.15) is 0 Å². The van der Waals surface area contributed by atoms with E-state index in [1.54, 1.807) is 12.4 Å². The summed E-state index contributed by atoms with van der Waals surface area (Å²) < 4.78 is 0. The van der Waals surface area contributed by atoms with Gasteiger partial charge >= 0.3 is 0 Å². The maximum absolute atomic E-state index is 11.3. The molecule has 0 radical (unpaired) electrons. The molecule has 3 nitrogen and oxygen atoms in total. The molecule has 1 aliphatic heterocycles. The van der Waals surface area contributed by atoms with Crippen molar-refractivity contribution in [1.82, 2.24) is 9.88 Å². The Labute approximate surface area is 77.4 Å². The van der Waals surface area contributed by atoms with Crippen LogP contribution in [0.2, 0.25) is 0 Å². The fourth-order valence-electron chi connectivity index (χ4n) is 1.58. The summed E-state index contributed by atoms with van der Waals surface area (Å²) in [6.45, 7) is 1.64. The standard InChI is InChI=1S/C10H12N2O/c13-10-2-1-7-12(10)8-9-3-5-11-6-4-9/h3-6H,1-2,7-8H2. The molecule has 2 rings (SSSR count). The molecule has 0 aromatic carbocycles. The van der Waals surface area contributed by atoms with E-state index in [2.05, 4.69) is 4.98 Å². The van der Waals surface area contributed by atoms with Crippen LogP contribution in [0.25, 0.3) is 0 Å². The molecule has 1 aliphatic rings. The predicted molar refractivity (Wildman–Crippen MR) is 48.9 cm³/mol. The average molecular weight is 176 g/mol. The molecular formula is C10H12N2O. The molecule has 0 aliphatic carbocycles. The average Bonchev–Trinajstić information content (AvgIpc) is 2.54. The van der Waals surface area contributed by atoms with Crippen LogP contribution in [0.3, 0.4) is 0 Å². The van der Waals surface area contributed by atoms with Crippen molar-refractivity contribution in [3.05, 3.63) is 30.1 Å². The van der Waals surface area contributed by atoms with Gasteiger partial charge < -0.3 is 4.90 Å². The number of aromatic nitrogens is 1. The van der Waals surface area contributed by atoms with Gasteiger partial charge in [0.15, 0.2) is 0 Å². The highest BCUT2D eigenvalue weighted by atomic mass is 16.2. The van der Waals surface area contributed by atoms with Crippen molar-refractivity contribution in [3.63, 3.8) is 0 Å². The molecule has 1 aromatic heterocycles. The maximum atomic E-state index is 11.3. The summed E-state index contributed by atoms with van der Waals surface area (Å²) in [6, 6.07) is 3.90. The minimum atomic E-state index is 0.275. The normalized spacial score (nSPS) is 16.6. The number of pyridine rings is 1. The van der Waals surface area contributed by atoms with E-state index < -0.39 is 0 Å². The second-order valence-corrected chi connectivity index (χ2v) is 3.27. The molecule has 0 unspecified atom stereocenters. The van der Waals surface area contributed by atoms with E-state index in [0.29, 0.717) is 6.42 Å². The summed E-state index contributed by atoms with van der Waals surface area (Å²) in [7, 11) is 0. The summed E-state index contributed by atoms with van der Waals surface area (Å²) >= 11 is 0. The van der Waals surface area contributed by atoms with Gasteiger partial charge in [0.2, 0.25) is 5.91 Å². The van der Waals surface area contributed by atoms with Crippen molar-refractivity contribution in [2.24, 2.45) is 0 Å².